The van der Waals surface area contributed by atoms with E-state index in [4.69, 9.17) is 17.3 Å². The van der Waals surface area contributed by atoms with Gasteiger partial charge in [-0.05, 0) is 63.8 Å². The molecule has 2 heterocycles. The van der Waals surface area contributed by atoms with Crippen LogP contribution in [-0.4, -0.2) is 39.7 Å². The van der Waals surface area contributed by atoms with Crippen LogP contribution in [0.1, 0.15) is 41.5 Å². The number of likely N-dealkylation sites (tertiary alicyclic amines) is 1. The minimum Gasteiger partial charge on any atom is -0.338 e. The molecule has 0 saturated carbocycles. The van der Waals surface area contributed by atoms with Crippen molar-refractivity contribution in [2.24, 2.45) is 11.7 Å². The number of hydrogen-bond acceptors (Lipinski definition) is 3. The summed E-state index contributed by atoms with van der Waals surface area (Å²) in [5, 5.41) is 5.13. The van der Waals surface area contributed by atoms with Crippen LogP contribution in [0.5, 0.6) is 0 Å². The Balaban J connectivity index is 1.78. The Kier molecular flexibility index (Phi) is 5.16. The van der Waals surface area contributed by atoms with Gasteiger partial charge in [-0.1, -0.05) is 11.6 Å². The standard InChI is InChI=1S/C19H25ClN4O/c1-12(21)16-5-4-10-23(11-16)19(25)15-6-8-17(9-7-15)24-14(3)18(20)13(2)22-24/h6-9,12,16H,4-5,10-11,21H2,1-3H3/t12-,16-/m1/s1. The molecule has 1 aromatic heterocycles. The van der Waals surface area contributed by atoms with E-state index in [1.807, 2.05) is 49.9 Å². The minimum atomic E-state index is 0.0725. The molecule has 3 rings (SSSR count). The zero-order valence-electron chi connectivity index (χ0n) is 15.0. The molecule has 0 unspecified atom stereocenters. The van der Waals surface area contributed by atoms with Gasteiger partial charge in [-0.15, -0.1) is 0 Å². The van der Waals surface area contributed by atoms with E-state index < -0.39 is 0 Å². The Bertz CT molecular complexity index is 766. The zero-order chi connectivity index (χ0) is 18.1. The predicted octanol–water partition coefficient (Wildman–Crippen LogP) is 3.34. The minimum absolute atomic E-state index is 0.0725. The van der Waals surface area contributed by atoms with Crippen LogP contribution in [0.3, 0.4) is 0 Å². The van der Waals surface area contributed by atoms with Gasteiger partial charge in [-0.3, -0.25) is 4.79 Å². The van der Waals surface area contributed by atoms with Crippen molar-refractivity contribution in [1.82, 2.24) is 14.7 Å². The second kappa shape index (κ2) is 7.18. The van der Waals surface area contributed by atoms with Crippen molar-refractivity contribution in [3.05, 3.63) is 46.2 Å². The number of piperidine rings is 1. The van der Waals surface area contributed by atoms with Gasteiger partial charge in [-0.25, -0.2) is 4.68 Å². The first-order chi connectivity index (χ1) is 11.9. The summed E-state index contributed by atoms with van der Waals surface area (Å²) in [5.74, 6) is 0.456. The smallest absolute Gasteiger partial charge is 0.253 e. The second-order valence-corrected chi connectivity index (χ2v) is 7.33. The lowest BCUT2D eigenvalue weighted by Gasteiger charge is -2.34. The van der Waals surface area contributed by atoms with E-state index in [0.29, 0.717) is 16.5 Å². The molecule has 1 aromatic carbocycles. The average molecular weight is 361 g/mol. The van der Waals surface area contributed by atoms with Crippen LogP contribution in [-0.2, 0) is 0 Å². The summed E-state index contributed by atoms with van der Waals surface area (Å²) >= 11 is 6.22. The number of hydrogen-bond donors (Lipinski definition) is 1. The SMILES string of the molecule is Cc1nn(-c2ccc(C(=O)N3CCC[C@@H]([C@@H](C)N)C3)cc2)c(C)c1Cl. The number of aryl methyl sites for hydroxylation is 1. The fraction of sp³-hybridized carbons (Fsp3) is 0.474. The van der Waals surface area contributed by atoms with Crippen molar-refractivity contribution in [2.75, 3.05) is 13.1 Å². The van der Waals surface area contributed by atoms with Gasteiger partial charge in [0.25, 0.3) is 5.91 Å². The van der Waals surface area contributed by atoms with Gasteiger partial charge in [0.1, 0.15) is 0 Å². The normalized spacial score (nSPS) is 19.1. The van der Waals surface area contributed by atoms with Crippen molar-refractivity contribution >= 4 is 17.5 Å². The van der Waals surface area contributed by atoms with E-state index >= 15 is 0 Å². The maximum absolute atomic E-state index is 12.8. The summed E-state index contributed by atoms with van der Waals surface area (Å²) in [5.41, 5.74) is 9.32. The fourth-order valence-corrected chi connectivity index (χ4v) is 3.54. The van der Waals surface area contributed by atoms with Crippen molar-refractivity contribution in [2.45, 2.75) is 39.7 Å². The Morgan fingerprint density at radius 2 is 2.00 bits per heavy atom. The highest BCUT2D eigenvalue weighted by atomic mass is 35.5. The lowest BCUT2D eigenvalue weighted by molar-refractivity contribution is 0.0661. The summed E-state index contributed by atoms with van der Waals surface area (Å²) < 4.78 is 1.80. The summed E-state index contributed by atoms with van der Waals surface area (Å²) in [6.07, 6.45) is 2.11. The molecule has 134 valence electrons. The molecule has 0 spiro atoms. The molecule has 2 N–H and O–H groups in total. The molecule has 1 saturated heterocycles. The number of nitrogens with two attached hydrogens (primary N) is 1. The first-order valence-corrected chi connectivity index (χ1v) is 9.13. The molecule has 1 amide bonds. The third-order valence-corrected chi connectivity index (χ3v) is 5.60. The van der Waals surface area contributed by atoms with Crippen LogP contribution in [0.2, 0.25) is 5.02 Å². The van der Waals surface area contributed by atoms with E-state index in [2.05, 4.69) is 5.10 Å². The number of aromatic nitrogens is 2. The van der Waals surface area contributed by atoms with Gasteiger partial charge in [0, 0.05) is 24.7 Å². The Morgan fingerprint density at radius 1 is 1.32 bits per heavy atom. The number of halogens is 1. The molecule has 0 bridgehead atoms. The molecule has 0 aliphatic carbocycles. The number of amides is 1. The summed E-state index contributed by atoms with van der Waals surface area (Å²) in [6, 6.07) is 7.66. The van der Waals surface area contributed by atoms with Crippen LogP contribution >= 0.6 is 11.6 Å². The zero-order valence-corrected chi connectivity index (χ0v) is 15.8. The van der Waals surface area contributed by atoms with Gasteiger partial charge >= 0.3 is 0 Å². The van der Waals surface area contributed by atoms with Crippen molar-refractivity contribution < 1.29 is 4.79 Å². The molecule has 25 heavy (non-hydrogen) atoms. The number of nitrogens with zero attached hydrogens (tertiary/aromatic N) is 3. The highest BCUT2D eigenvalue weighted by Gasteiger charge is 2.26. The largest absolute Gasteiger partial charge is 0.338 e. The molecule has 1 aliphatic rings. The van der Waals surface area contributed by atoms with Gasteiger partial charge in [0.2, 0.25) is 0 Å². The quantitative estimate of drug-likeness (QED) is 0.912. The highest BCUT2D eigenvalue weighted by molar-refractivity contribution is 6.31. The van der Waals surface area contributed by atoms with Gasteiger partial charge in [-0.2, -0.15) is 5.10 Å². The van der Waals surface area contributed by atoms with Crippen molar-refractivity contribution in [3.63, 3.8) is 0 Å². The molecule has 2 atom stereocenters. The number of carbonyl (C=O) groups is 1. The topological polar surface area (TPSA) is 64.2 Å². The van der Waals surface area contributed by atoms with E-state index in [1.54, 1.807) is 4.68 Å². The summed E-state index contributed by atoms with van der Waals surface area (Å²) in [6.45, 7) is 7.38. The third kappa shape index (κ3) is 3.58. The van der Waals surface area contributed by atoms with E-state index in [1.165, 1.54) is 0 Å². The Labute approximate surface area is 153 Å². The van der Waals surface area contributed by atoms with Crippen LogP contribution < -0.4 is 5.73 Å². The fourth-order valence-electron chi connectivity index (χ4n) is 3.43. The molecular formula is C19H25ClN4O. The number of carbonyl (C=O) groups excluding carboxylic acids is 1. The Morgan fingerprint density at radius 3 is 2.56 bits per heavy atom. The molecule has 6 heteroatoms. The molecular weight excluding hydrogens is 336 g/mol. The Hall–Kier alpha value is -1.85. The average Bonchev–Trinajstić information content (AvgIpc) is 2.89. The first-order valence-electron chi connectivity index (χ1n) is 8.75. The monoisotopic (exact) mass is 360 g/mol. The van der Waals surface area contributed by atoms with E-state index in [0.717, 1.165) is 43.0 Å². The molecule has 1 fully saturated rings. The highest BCUT2D eigenvalue weighted by Crippen LogP contribution is 2.24. The first kappa shape index (κ1) is 18.0. The van der Waals surface area contributed by atoms with Crippen LogP contribution in [0.15, 0.2) is 24.3 Å². The van der Waals surface area contributed by atoms with Crippen molar-refractivity contribution in [1.29, 1.82) is 0 Å². The van der Waals surface area contributed by atoms with Crippen molar-refractivity contribution in [3.8, 4) is 5.69 Å². The summed E-state index contributed by atoms with van der Waals surface area (Å²) in [7, 11) is 0. The van der Waals surface area contributed by atoms with Gasteiger partial charge < -0.3 is 10.6 Å². The molecule has 2 aromatic rings. The van der Waals surface area contributed by atoms with Crippen LogP contribution in [0.4, 0.5) is 0 Å². The lowest BCUT2D eigenvalue weighted by atomic mass is 9.92. The van der Waals surface area contributed by atoms with E-state index in [-0.39, 0.29) is 11.9 Å². The maximum atomic E-state index is 12.8. The third-order valence-electron chi connectivity index (χ3n) is 5.05. The molecule has 1 aliphatic heterocycles. The predicted molar refractivity (Wildman–Crippen MR) is 100 cm³/mol. The summed E-state index contributed by atoms with van der Waals surface area (Å²) in [4.78, 5) is 14.7. The van der Waals surface area contributed by atoms with Crippen LogP contribution in [0, 0.1) is 19.8 Å². The molecule has 0 radical (unpaired) electrons. The van der Waals surface area contributed by atoms with Crippen LogP contribution in [0.25, 0.3) is 5.69 Å². The maximum Gasteiger partial charge on any atom is 0.253 e. The number of benzene rings is 1. The lowest BCUT2D eigenvalue weighted by Crippen LogP contribution is -2.45. The number of rotatable bonds is 3. The second-order valence-electron chi connectivity index (χ2n) is 6.96. The molecule has 5 nitrogen and oxygen atoms in total. The van der Waals surface area contributed by atoms with E-state index in [9.17, 15) is 4.79 Å². The van der Waals surface area contributed by atoms with Gasteiger partial charge in [0.15, 0.2) is 0 Å². The van der Waals surface area contributed by atoms with Gasteiger partial charge in [0.05, 0.1) is 22.1 Å².